The number of pyridine rings is 1. The van der Waals surface area contributed by atoms with Crippen molar-refractivity contribution >= 4 is 45.8 Å². The first-order valence-electron chi connectivity index (χ1n) is 18.0. The number of likely N-dealkylation sites (tertiary alicyclic amines) is 1. The molecule has 1 spiro atoms. The van der Waals surface area contributed by atoms with Gasteiger partial charge in [-0.15, -0.1) is 0 Å². The number of piperidine rings is 1. The summed E-state index contributed by atoms with van der Waals surface area (Å²) in [6.07, 6.45) is 4.72. The highest BCUT2D eigenvalue weighted by atomic mass is 35.5. The van der Waals surface area contributed by atoms with Crippen LogP contribution < -0.4 is 15.4 Å². The molecule has 5 aromatic rings. The summed E-state index contributed by atoms with van der Waals surface area (Å²) in [7, 11) is 0. The number of ether oxygens (including phenoxy) is 2. The van der Waals surface area contributed by atoms with Crippen molar-refractivity contribution in [1.82, 2.24) is 19.4 Å². The standard InChI is InChI=1S/C40H38ClFN6O4/c41-27-6-4-26(31(42)19-27)23-52-37-3-1-2-32(45-37)24-10-15-47(16-11-24)22-36-44-34-18-25(5-9-35(34)48(36)21-29-12-17-51-29)38(49)43-28-7-8-33-30(20-28)40(13-14-40)39(50)46-33/h1-9,18-20,24,29H,10-17,21-23H2,(H,43,49)(H,46,50)/t29-/m0/s1. The highest BCUT2D eigenvalue weighted by Gasteiger charge is 2.56. The number of nitrogens with zero attached hydrogens (tertiary/aromatic N) is 4. The summed E-state index contributed by atoms with van der Waals surface area (Å²) >= 11 is 5.88. The summed E-state index contributed by atoms with van der Waals surface area (Å²) in [5, 5.41) is 6.36. The van der Waals surface area contributed by atoms with Crippen molar-refractivity contribution in [1.29, 1.82) is 0 Å². The van der Waals surface area contributed by atoms with Crippen LogP contribution in [0.15, 0.2) is 72.8 Å². The molecule has 0 unspecified atom stereocenters. The van der Waals surface area contributed by atoms with Crippen LogP contribution in [-0.2, 0) is 34.6 Å². The molecule has 12 heteroatoms. The highest BCUT2D eigenvalue weighted by molar-refractivity contribution is 6.30. The number of imidazole rings is 1. The number of fused-ring (bicyclic) bond motifs is 3. The van der Waals surface area contributed by atoms with Gasteiger partial charge in [0.2, 0.25) is 11.8 Å². The zero-order valence-corrected chi connectivity index (χ0v) is 29.3. The first-order valence-corrected chi connectivity index (χ1v) is 18.3. The van der Waals surface area contributed by atoms with E-state index in [2.05, 4.69) is 20.1 Å². The van der Waals surface area contributed by atoms with Crippen molar-refractivity contribution in [2.75, 3.05) is 30.3 Å². The second-order valence-corrected chi connectivity index (χ2v) is 14.8. The van der Waals surface area contributed by atoms with E-state index in [4.69, 9.17) is 31.0 Å². The number of carbonyl (C=O) groups is 2. The van der Waals surface area contributed by atoms with E-state index in [-0.39, 0.29) is 30.4 Å². The van der Waals surface area contributed by atoms with Gasteiger partial charge in [-0.25, -0.2) is 14.4 Å². The molecule has 3 aliphatic heterocycles. The van der Waals surface area contributed by atoms with Crippen LogP contribution in [0.25, 0.3) is 11.0 Å². The van der Waals surface area contributed by atoms with Gasteiger partial charge in [0.05, 0.1) is 35.6 Å². The van der Waals surface area contributed by atoms with E-state index in [1.54, 1.807) is 18.2 Å². The lowest BCUT2D eigenvalue weighted by atomic mass is 9.93. The number of amides is 2. The minimum absolute atomic E-state index is 0.0538. The summed E-state index contributed by atoms with van der Waals surface area (Å²) in [4.78, 5) is 38.2. The van der Waals surface area contributed by atoms with E-state index in [0.29, 0.717) is 40.8 Å². The van der Waals surface area contributed by atoms with Gasteiger partial charge in [0.15, 0.2) is 0 Å². The fourth-order valence-electron chi connectivity index (χ4n) is 7.71. The van der Waals surface area contributed by atoms with Crippen LogP contribution in [-0.4, -0.2) is 57.0 Å². The summed E-state index contributed by atoms with van der Waals surface area (Å²) in [5.74, 6) is 1.15. The van der Waals surface area contributed by atoms with Crippen molar-refractivity contribution < 1.29 is 23.5 Å². The first kappa shape index (κ1) is 33.0. The number of halogens is 2. The Morgan fingerprint density at radius 1 is 1.04 bits per heavy atom. The minimum atomic E-state index is -0.420. The maximum Gasteiger partial charge on any atom is 0.255 e. The van der Waals surface area contributed by atoms with E-state index >= 15 is 0 Å². The molecule has 0 radical (unpaired) electrons. The number of hydrogen-bond acceptors (Lipinski definition) is 7. The third-order valence-corrected chi connectivity index (χ3v) is 11.2. The van der Waals surface area contributed by atoms with Crippen LogP contribution in [0, 0.1) is 5.82 Å². The van der Waals surface area contributed by atoms with Crippen molar-refractivity contribution in [3.8, 4) is 5.88 Å². The molecule has 10 nitrogen and oxygen atoms in total. The summed E-state index contributed by atoms with van der Waals surface area (Å²) in [6, 6.07) is 21.7. The lowest BCUT2D eigenvalue weighted by Crippen LogP contribution is -2.35. The zero-order chi connectivity index (χ0) is 35.4. The van der Waals surface area contributed by atoms with Crippen LogP contribution >= 0.6 is 11.6 Å². The molecule has 3 fully saturated rings. The molecule has 1 aliphatic carbocycles. The smallest absolute Gasteiger partial charge is 0.255 e. The molecule has 2 saturated heterocycles. The number of carbonyl (C=O) groups excluding carboxylic acids is 2. The molecule has 1 saturated carbocycles. The number of anilines is 2. The van der Waals surface area contributed by atoms with Crippen LogP contribution in [0.2, 0.25) is 5.02 Å². The molecule has 266 valence electrons. The van der Waals surface area contributed by atoms with E-state index in [0.717, 1.165) is 85.6 Å². The topological polar surface area (TPSA) is 111 Å². The van der Waals surface area contributed by atoms with Crippen LogP contribution in [0.3, 0.4) is 0 Å². The second kappa shape index (κ2) is 13.3. The van der Waals surface area contributed by atoms with Crippen molar-refractivity contribution in [2.45, 2.75) is 69.2 Å². The molecule has 0 bridgehead atoms. The van der Waals surface area contributed by atoms with E-state index < -0.39 is 11.2 Å². The summed E-state index contributed by atoms with van der Waals surface area (Å²) < 4.78 is 28.2. The fourth-order valence-corrected chi connectivity index (χ4v) is 7.87. The van der Waals surface area contributed by atoms with Crippen molar-refractivity contribution in [2.24, 2.45) is 0 Å². The van der Waals surface area contributed by atoms with E-state index in [1.165, 1.54) is 6.07 Å². The van der Waals surface area contributed by atoms with Gasteiger partial charge in [-0.05, 0) is 105 Å². The number of hydrogen-bond donors (Lipinski definition) is 2. The van der Waals surface area contributed by atoms with Gasteiger partial charge in [-0.1, -0.05) is 23.7 Å². The molecular formula is C40H38ClFN6O4. The number of rotatable bonds is 10. The van der Waals surface area contributed by atoms with Crippen molar-refractivity contribution in [3.05, 3.63) is 112 Å². The highest BCUT2D eigenvalue weighted by Crippen LogP contribution is 2.55. The van der Waals surface area contributed by atoms with Gasteiger partial charge < -0.3 is 24.7 Å². The predicted molar refractivity (Wildman–Crippen MR) is 195 cm³/mol. The van der Waals surface area contributed by atoms with Crippen LogP contribution in [0.1, 0.15) is 71.0 Å². The van der Waals surface area contributed by atoms with E-state index in [9.17, 15) is 14.0 Å². The Morgan fingerprint density at radius 3 is 2.65 bits per heavy atom. The van der Waals surface area contributed by atoms with Crippen LogP contribution in [0.4, 0.5) is 15.8 Å². The Kier molecular flexibility index (Phi) is 8.44. The average Bonchev–Trinajstić information content (AvgIpc) is 3.81. The molecular weight excluding hydrogens is 683 g/mol. The SMILES string of the molecule is O=C(Nc1ccc2c(c1)C1(CC1)C(=O)N2)c1ccc2c(c1)nc(CN1CCC(c3cccc(OCc4ccc(Cl)cc4F)n3)CC1)n2C[C@@H]1CCO1. The lowest BCUT2D eigenvalue weighted by Gasteiger charge is -2.32. The molecule has 2 N–H and O–H groups in total. The second-order valence-electron chi connectivity index (χ2n) is 14.3. The Hall–Kier alpha value is -4.84. The summed E-state index contributed by atoms with van der Waals surface area (Å²) in [5.41, 5.74) is 5.74. The lowest BCUT2D eigenvalue weighted by molar-refractivity contribution is -0.117. The Balaban J connectivity index is 0.870. The maximum atomic E-state index is 14.2. The van der Waals surface area contributed by atoms with Crippen LogP contribution in [0.5, 0.6) is 5.88 Å². The van der Waals surface area contributed by atoms with Gasteiger partial charge in [-0.3, -0.25) is 14.5 Å². The molecule has 2 amide bonds. The molecule has 3 aromatic carbocycles. The molecule has 1 atom stereocenters. The predicted octanol–water partition coefficient (Wildman–Crippen LogP) is 7.21. The first-order chi connectivity index (χ1) is 25.3. The monoisotopic (exact) mass is 720 g/mol. The van der Waals surface area contributed by atoms with Crippen molar-refractivity contribution in [3.63, 3.8) is 0 Å². The quantitative estimate of drug-likeness (QED) is 0.157. The van der Waals surface area contributed by atoms with E-state index in [1.807, 2.05) is 48.5 Å². The Bertz CT molecular complexity index is 2210. The molecule has 52 heavy (non-hydrogen) atoms. The number of benzene rings is 3. The summed E-state index contributed by atoms with van der Waals surface area (Å²) in [6.45, 7) is 4.02. The third-order valence-electron chi connectivity index (χ3n) is 11.0. The molecule has 5 heterocycles. The van der Waals surface area contributed by atoms with Gasteiger partial charge in [-0.2, -0.15) is 0 Å². The third kappa shape index (κ3) is 6.31. The Morgan fingerprint density at radius 2 is 1.88 bits per heavy atom. The average molecular weight is 721 g/mol. The largest absolute Gasteiger partial charge is 0.473 e. The van der Waals surface area contributed by atoms with Gasteiger partial charge in [0.1, 0.15) is 18.2 Å². The van der Waals surface area contributed by atoms with Gasteiger partial charge in [0, 0.05) is 51.8 Å². The van der Waals surface area contributed by atoms with Gasteiger partial charge in [0.25, 0.3) is 5.91 Å². The minimum Gasteiger partial charge on any atom is -0.473 e. The zero-order valence-electron chi connectivity index (χ0n) is 28.5. The Labute approximate surface area is 305 Å². The maximum absolute atomic E-state index is 14.2. The number of nitrogens with one attached hydrogen (secondary N) is 2. The number of aromatic nitrogens is 3. The molecule has 2 aromatic heterocycles. The van der Waals surface area contributed by atoms with Gasteiger partial charge >= 0.3 is 0 Å². The molecule has 9 rings (SSSR count). The molecule has 4 aliphatic rings. The fraction of sp³-hybridized carbons (Fsp3) is 0.350. The normalized spacial score (nSPS) is 19.3.